The highest BCUT2D eigenvalue weighted by molar-refractivity contribution is 6.30. The van der Waals surface area contributed by atoms with Crippen molar-refractivity contribution in [1.82, 2.24) is 10.2 Å². The second kappa shape index (κ2) is 6.35. The van der Waals surface area contributed by atoms with E-state index in [1.165, 1.54) is 4.90 Å². The number of halogens is 1. The molecule has 0 atom stereocenters. The molecule has 1 saturated carbocycles. The molecule has 2 amide bonds. The van der Waals surface area contributed by atoms with Gasteiger partial charge in [0.25, 0.3) is 0 Å². The molecule has 5 nitrogen and oxygen atoms in total. The van der Waals surface area contributed by atoms with Crippen LogP contribution in [0.3, 0.4) is 0 Å². The lowest BCUT2D eigenvalue weighted by Crippen LogP contribution is -2.57. The molecule has 21 heavy (non-hydrogen) atoms. The van der Waals surface area contributed by atoms with Gasteiger partial charge in [-0.3, -0.25) is 4.79 Å². The molecule has 2 N–H and O–H groups in total. The molecule has 1 aromatic rings. The first kappa shape index (κ1) is 15.6. The second-order valence-corrected chi connectivity index (χ2v) is 6.06. The van der Waals surface area contributed by atoms with Crippen molar-refractivity contribution in [2.45, 2.75) is 37.8 Å². The lowest BCUT2D eigenvalue weighted by atomic mass is 9.74. The van der Waals surface area contributed by atoms with E-state index in [-0.39, 0.29) is 12.5 Å². The predicted octanol–water partition coefficient (Wildman–Crippen LogP) is 2.88. The summed E-state index contributed by atoms with van der Waals surface area (Å²) < 4.78 is 0. The van der Waals surface area contributed by atoms with E-state index < -0.39 is 11.5 Å². The zero-order chi connectivity index (χ0) is 15.5. The molecular formula is C15H19ClN2O3. The van der Waals surface area contributed by atoms with Crippen molar-refractivity contribution in [1.29, 1.82) is 0 Å². The maximum atomic E-state index is 12.2. The number of benzene rings is 1. The molecule has 0 aliphatic heterocycles. The number of nitrogens with one attached hydrogen (secondary N) is 1. The van der Waals surface area contributed by atoms with E-state index in [4.69, 9.17) is 16.7 Å². The summed E-state index contributed by atoms with van der Waals surface area (Å²) in [5.41, 5.74) is 0.354. The first-order chi connectivity index (χ1) is 9.90. The third-order valence-electron chi connectivity index (χ3n) is 3.83. The van der Waals surface area contributed by atoms with Crippen LogP contribution in [0, 0.1) is 0 Å². The van der Waals surface area contributed by atoms with Crippen LogP contribution in [0.25, 0.3) is 0 Å². The van der Waals surface area contributed by atoms with Crippen LogP contribution in [-0.4, -0.2) is 34.6 Å². The Hall–Kier alpha value is -1.75. The van der Waals surface area contributed by atoms with Crippen molar-refractivity contribution in [2.24, 2.45) is 0 Å². The number of carbonyl (C=O) groups excluding carboxylic acids is 1. The molecule has 0 aromatic heterocycles. The van der Waals surface area contributed by atoms with Gasteiger partial charge in [0.05, 0.1) is 12.0 Å². The van der Waals surface area contributed by atoms with Crippen molar-refractivity contribution in [2.75, 3.05) is 7.05 Å². The van der Waals surface area contributed by atoms with Crippen LogP contribution in [0.15, 0.2) is 24.3 Å². The number of nitrogens with zero attached hydrogens (tertiary/aromatic N) is 1. The van der Waals surface area contributed by atoms with Gasteiger partial charge in [-0.25, -0.2) is 4.79 Å². The van der Waals surface area contributed by atoms with Crippen molar-refractivity contribution in [3.8, 4) is 0 Å². The average molecular weight is 311 g/mol. The summed E-state index contributed by atoms with van der Waals surface area (Å²) in [5.74, 6) is -0.882. The minimum atomic E-state index is -0.882. The van der Waals surface area contributed by atoms with Crippen molar-refractivity contribution >= 4 is 23.6 Å². The van der Waals surface area contributed by atoms with Gasteiger partial charge in [-0.05, 0) is 37.0 Å². The molecule has 0 bridgehead atoms. The summed E-state index contributed by atoms with van der Waals surface area (Å²) in [5, 5.41) is 12.4. The van der Waals surface area contributed by atoms with Crippen molar-refractivity contribution < 1.29 is 14.7 Å². The van der Waals surface area contributed by atoms with E-state index in [0.29, 0.717) is 11.6 Å². The third-order valence-corrected chi connectivity index (χ3v) is 4.06. The van der Waals surface area contributed by atoms with Crippen molar-refractivity contribution in [3.63, 3.8) is 0 Å². The van der Waals surface area contributed by atoms with E-state index in [2.05, 4.69) is 5.32 Å². The smallest absolute Gasteiger partial charge is 0.317 e. The maximum absolute atomic E-state index is 12.2. The van der Waals surface area contributed by atoms with Gasteiger partial charge in [-0.15, -0.1) is 0 Å². The topological polar surface area (TPSA) is 69.6 Å². The van der Waals surface area contributed by atoms with Gasteiger partial charge in [0.1, 0.15) is 0 Å². The van der Waals surface area contributed by atoms with Gasteiger partial charge >= 0.3 is 12.0 Å². The highest BCUT2D eigenvalue weighted by Crippen LogP contribution is 2.35. The molecule has 1 fully saturated rings. The zero-order valence-corrected chi connectivity index (χ0v) is 12.7. The number of carboxylic acids is 1. The lowest BCUT2D eigenvalue weighted by Gasteiger charge is -2.42. The standard InChI is InChI=1S/C15H19ClN2O3/c1-18(10-11-4-2-5-12(16)8-11)14(21)17-15(6-3-7-15)9-13(19)20/h2,4-5,8H,3,6-7,9-10H2,1H3,(H,17,21)(H,19,20). The number of hydrogen-bond donors (Lipinski definition) is 2. The molecule has 0 unspecified atom stereocenters. The highest BCUT2D eigenvalue weighted by Gasteiger charge is 2.40. The summed E-state index contributed by atoms with van der Waals surface area (Å²) in [6.45, 7) is 0.426. The van der Waals surface area contributed by atoms with E-state index in [1.807, 2.05) is 18.2 Å². The quantitative estimate of drug-likeness (QED) is 0.878. The minimum Gasteiger partial charge on any atom is -0.481 e. The van der Waals surface area contributed by atoms with Crippen LogP contribution in [0.5, 0.6) is 0 Å². The number of urea groups is 1. The average Bonchev–Trinajstić information content (AvgIpc) is 2.35. The van der Waals surface area contributed by atoms with E-state index in [1.54, 1.807) is 13.1 Å². The SMILES string of the molecule is CN(Cc1cccc(Cl)c1)C(=O)NC1(CC(=O)O)CCC1. The zero-order valence-electron chi connectivity index (χ0n) is 11.9. The fourth-order valence-corrected chi connectivity index (χ4v) is 2.76. The third kappa shape index (κ3) is 4.11. The molecule has 0 spiro atoms. The van der Waals surface area contributed by atoms with Gasteiger partial charge in [-0.2, -0.15) is 0 Å². The van der Waals surface area contributed by atoms with Gasteiger partial charge in [0.15, 0.2) is 0 Å². The maximum Gasteiger partial charge on any atom is 0.317 e. The van der Waals surface area contributed by atoms with Crippen LogP contribution in [0.4, 0.5) is 4.79 Å². The predicted molar refractivity (Wildman–Crippen MR) is 80.3 cm³/mol. The van der Waals surface area contributed by atoms with E-state index in [9.17, 15) is 9.59 Å². The molecule has 1 aliphatic rings. The Labute approximate surface area is 128 Å². The molecule has 2 rings (SSSR count). The molecule has 0 radical (unpaired) electrons. The monoisotopic (exact) mass is 310 g/mol. The van der Waals surface area contributed by atoms with E-state index >= 15 is 0 Å². The number of carbonyl (C=O) groups is 2. The summed E-state index contributed by atoms with van der Waals surface area (Å²) in [7, 11) is 1.68. The number of carboxylic acid groups (broad SMARTS) is 1. The number of hydrogen-bond acceptors (Lipinski definition) is 2. The summed E-state index contributed by atoms with van der Waals surface area (Å²) in [4.78, 5) is 24.7. The second-order valence-electron chi connectivity index (χ2n) is 5.62. The molecule has 114 valence electrons. The molecular weight excluding hydrogens is 292 g/mol. The molecule has 1 aliphatic carbocycles. The molecule has 1 aromatic carbocycles. The minimum absolute atomic E-state index is 0.0241. The molecule has 0 saturated heterocycles. The molecule has 0 heterocycles. The summed E-state index contributed by atoms with van der Waals surface area (Å²) in [6.07, 6.45) is 2.36. The first-order valence-electron chi connectivity index (χ1n) is 6.90. The summed E-state index contributed by atoms with van der Waals surface area (Å²) in [6, 6.07) is 7.06. The fraction of sp³-hybridized carbons (Fsp3) is 0.467. The Morgan fingerprint density at radius 1 is 1.43 bits per heavy atom. The lowest BCUT2D eigenvalue weighted by molar-refractivity contribution is -0.139. The Morgan fingerprint density at radius 2 is 2.14 bits per heavy atom. The Balaban J connectivity index is 1.94. The Bertz CT molecular complexity index is 543. The fourth-order valence-electron chi connectivity index (χ4n) is 2.54. The van der Waals surface area contributed by atoms with Gasteiger partial charge in [0.2, 0.25) is 0 Å². The Morgan fingerprint density at radius 3 is 2.67 bits per heavy atom. The van der Waals surface area contributed by atoms with Crippen LogP contribution in [0.2, 0.25) is 5.02 Å². The number of aliphatic carboxylic acids is 1. The van der Waals surface area contributed by atoms with Crippen LogP contribution in [0.1, 0.15) is 31.2 Å². The first-order valence-corrected chi connectivity index (χ1v) is 7.27. The molecule has 6 heteroatoms. The Kier molecular flexibility index (Phi) is 4.73. The highest BCUT2D eigenvalue weighted by atomic mass is 35.5. The van der Waals surface area contributed by atoms with E-state index in [0.717, 1.165) is 24.8 Å². The number of rotatable bonds is 5. The van der Waals surface area contributed by atoms with Crippen LogP contribution >= 0.6 is 11.6 Å². The normalized spacial score (nSPS) is 15.9. The van der Waals surface area contributed by atoms with Gasteiger partial charge in [-0.1, -0.05) is 23.7 Å². The van der Waals surface area contributed by atoms with Gasteiger partial charge < -0.3 is 15.3 Å². The van der Waals surface area contributed by atoms with Gasteiger partial charge in [0, 0.05) is 18.6 Å². The van der Waals surface area contributed by atoms with Crippen molar-refractivity contribution in [3.05, 3.63) is 34.9 Å². The van der Waals surface area contributed by atoms with Crippen LogP contribution < -0.4 is 5.32 Å². The summed E-state index contributed by atoms with van der Waals surface area (Å²) >= 11 is 5.92. The largest absolute Gasteiger partial charge is 0.481 e. The van der Waals surface area contributed by atoms with Crippen LogP contribution in [-0.2, 0) is 11.3 Å². The number of amides is 2.